The number of piperidine rings is 1. The van der Waals surface area contributed by atoms with Gasteiger partial charge >= 0.3 is 0 Å². The molecule has 13 heteroatoms. The summed E-state index contributed by atoms with van der Waals surface area (Å²) in [6.45, 7) is 3.18. The molecule has 1 aliphatic heterocycles. The summed E-state index contributed by atoms with van der Waals surface area (Å²) in [5.74, 6) is 0.546. The average molecular weight is 552 g/mol. The van der Waals surface area contributed by atoms with Crippen molar-refractivity contribution in [1.29, 1.82) is 0 Å². The first-order valence-corrected chi connectivity index (χ1v) is 13.0. The highest BCUT2D eigenvalue weighted by atomic mass is 35.5. The smallest absolute Gasteiger partial charge is 0.229 e. The van der Waals surface area contributed by atoms with Gasteiger partial charge in [0.15, 0.2) is 17.8 Å². The van der Waals surface area contributed by atoms with E-state index >= 15 is 0 Å². The Morgan fingerprint density at radius 2 is 1.82 bits per heavy atom. The van der Waals surface area contributed by atoms with E-state index in [9.17, 15) is 9.50 Å². The maximum absolute atomic E-state index is 13.0. The van der Waals surface area contributed by atoms with E-state index in [1.54, 1.807) is 15.6 Å². The minimum Gasteiger partial charge on any atom is -0.457 e. The van der Waals surface area contributed by atoms with Crippen molar-refractivity contribution in [3.05, 3.63) is 72.6 Å². The van der Waals surface area contributed by atoms with Gasteiger partial charge in [-0.15, -0.1) is 0 Å². The summed E-state index contributed by atoms with van der Waals surface area (Å²) in [5.41, 5.74) is 4.56. The second-order valence-electron chi connectivity index (χ2n) is 9.46. The van der Waals surface area contributed by atoms with Gasteiger partial charge in [-0.1, -0.05) is 11.6 Å². The molecule has 1 fully saturated rings. The summed E-state index contributed by atoms with van der Waals surface area (Å²) in [5, 5.41) is 24.4. The SMILES string of the molecule is Cc1cc(Nc2ncnn3ccc(C4CCN(C(O)N[C@@H](F)Cl)CC4)c23)ccc1Oc1ccn2ncnc2c1. The summed E-state index contributed by atoms with van der Waals surface area (Å²) >= 11 is 5.32. The molecule has 0 radical (unpaired) electrons. The third-order valence-electron chi connectivity index (χ3n) is 6.99. The van der Waals surface area contributed by atoms with E-state index in [0.29, 0.717) is 30.3 Å². The van der Waals surface area contributed by atoms with Crippen molar-refractivity contribution in [2.45, 2.75) is 37.8 Å². The number of aliphatic hydroxyl groups is 1. The van der Waals surface area contributed by atoms with Gasteiger partial charge in [0.05, 0.1) is 0 Å². The summed E-state index contributed by atoms with van der Waals surface area (Å²) in [6.07, 6.45) is 7.21. The number of benzene rings is 1. The number of halogens is 2. The average Bonchev–Trinajstić information content (AvgIpc) is 3.57. The fourth-order valence-electron chi connectivity index (χ4n) is 5.04. The van der Waals surface area contributed by atoms with Crippen LogP contribution in [0.5, 0.6) is 11.5 Å². The Kier molecular flexibility index (Phi) is 7.00. The van der Waals surface area contributed by atoms with E-state index in [-0.39, 0.29) is 5.92 Å². The lowest BCUT2D eigenvalue weighted by Crippen LogP contribution is -2.50. The molecule has 0 bridgehead atoms. The van der Waals surface area contributed by atoms with Crippen molar-refractivity contribution >= 4 is 34.3 Å². The maximum atomic E-state index is 13.0. The number of rotatable bonds is 8. The van der Waals surface area contributed by atoms with Crippen molar-refractivity contribution in [2.24, 2.45) is 0 Å². The van der Waals surface area contributed by atoms with Crippen molar-refractivity contribution < 1.29 is 14.2 Å². The fraction of sp³-hybridized carbons (Fsp3) is 0.308. The van der Waals surface area contributed by atoms with Gasteiger partial charge in [-0.25, -0.2) is 28.7 Å². The van der Waals surface area contributed by atoms with Crippen LogP contribution in [-0.2, 0) is 0 Å². The molecule has 5 heterocycles. The molecular formula is C26H27ClFN9O2. The zero-order valence-electron chi connectivity index (χ0n) is 21.1. The Bertz CT molecular complexity index is 1600. The van der Waals surface area contributed by atoms with Crippen LogP contribution in [0.25, 0.3) is 11.2 Å². The number of likely N-dealkylation sites (tertiary alicyclic amines) is 1. The number of hydrogen-bond donors (Lipinski definition) is 3. The Balaban J connectivity index is 1.19. The van der Waals surface area contributed by atoms with Gasteiger partial charge in [-0.05, 0) is 67.1 Å². The molecule has 5 aromatic rings. The zero-order valence-corrected chi connectivity index (χ0v) is 21.8. The van der Waals surface area contributed by atoms with Crippen LogP contribution in [0.15, 0.2) is 61.4 Å². The second-order valence-corrected chi connectivity index (χ2v) is 9.84. The number of nitrogens with one attached hydrogen (secondary N) is 2. The van der Waals surface area contributed by atoms with Gasteiger partial charge in [-0.2, -0.15) is 10.2 Å². The number of pyridine rings is 1. The van der Waals surface area contributed by atoms with Crippen LogP contribution < -0.4 is 15.4 Å². The normalized spacial score (nSPS) is 16.5. The number of nitrogens with zero attached hydrogens (tertiary/aromatic N) is 7. The van der Waals surface area contributed by atoms with Gasteiger partial charge in [-0.3, -0.25) is 4.90 Å². The number of hydrogen-bond acceptors (Lipinski definition) is 9. The first-order valence-electron chi connectivity index (χ1n) is 12.6. The summed E-state index contributed by atoms with van der Waals surface area (Å²) in [6, 6.07) is 11.6. The summed E-state index contributed by atoms with van der Waals surface area (Å²) in [7, 11) is 0. The molecule has 39 heavy (non-hydrogen) atoms. The van der Waals surface area contributed by atoms with Gasteiger partial charge in [0, 0.05) is 37.2 Å². The number of aromatic nitrogens is 6. The van der Waals surface area contributed by atoms with Crippen LogP contribution >= 0.6 is 11.6 Å². The molecule has 1 saturated heterocycles. The Morgan fingerprint density at radius 3 is 2.62 bits per heavy atom. The van der Waals surface area contributed by atoms with Crippen molar-refractivity contribution in [2.75, 3.05) is 18.4 Å². The highest BCUT2D eigenvalue weighted by Gasteiger charge is 2.28. The minimum absolute atomic E-state index is 0.238. The predicted molar refractivity (Wildman–Crippen MR) is 144 cm³/mol. The molecule has 1 unspecified atom stereocenters. The Morgan fingerprint density at radius 1 is 1.05 bits per heavy atom. The number of ether oxygens (including phenoxy) is 1. The van der Waals surface area contributed by atoms with E-state index in [2.05, 4.69) is 36.9 Å². The number of fused-ring (bicyclic) bond motifs is 2. The number of aryl methyl sites for hydroxylation is 1. The standard InChI is InChI=1S/C26H27ClFN9O2/c1-16-12-18(2-3-21(16)39-19-6-10-36-22(13-19)29-14-31-36)33-24-23-20(7-11-37(23)32-15-30-24)17-4-8-35(9-5-17)26(38)34-25(27)28/h2-3,6-7,10-15,17,25-26,34,38H,4-5,8-9H2,1H3,(H,30,32,33)/t25-,26?/m1/s1. The van der Waals surface area contributed by atoms with E-state index in [1.807, 2.05) is 48.0 Å². The largest absolute Gasteiger partial charge is 0.457 e. The molecule has 2 atom stereocenters. The Labute approximate surface area is 228 Å². The Hall–Kier alpha value is -3.84. The molecule has 1 aliphatic rings. The topological polar surface area (TPSA) is 117 Å². The molecule has 1 aromatic carbocycles. The van der Waals surface area contributed by atoms with E-state index < -0.39 is 12.1 Å². The van der Waals surface area contributed by atoms with Gasteiger partial charge < -0.3 is 15.2 Å². The van der Waals surface area contributed by atoms with Crippen molar-refractivity contribution in [3.8, 4) is 11.5 Å². The van der Waals surface area contributed by atoms with Gasteiger partial charge in [0.25, 0.3) is 0 Å². The number of alkyl halides is 2. The van der Waals surface area contributed by atoms with Crippen LogP contribution in [0.4, 0.5) is 15.9 Å². The molecule has 0 amide bonds. The van der Waals surface area contributed by atoms with Crippen LogP contribution in [0, 0.1) is 6.92 Å². The molecule has 0 aliphatic carbocycles. The highest BCUT2D eigenvalue weighted by Crippen LogP contribution is 2.35. The molecule has 0 spiro atoms. The lowest BCUT2D eigenvalue weighted by atomic mass is 9.90. The highest BCUT2D eigenvalue weighted by molar-refractivity contribution is 6.19. The van der Waals surface area contributed by atoms with Crippen LogP contribution in [-0.4, -0.2) is 64.4 Å². The zero-order chi connectivity index (χ0) is 26.9. The molecule has 3 N–H and O–H groups in total. The lowest BCUT2D eigenvalue weighted by Gasteiger charge is -2.35. The predicted octanol–water partition coefficient (Wildman–Crippen LogP) is 4.15. The van der Waals surface area contributed by atoms with Crippen LogP contribution in [0.1, 0.15) is 29.9 Å². The van der Waals surface area contributed by atoms with Crippen molar-refractivity contribution in [3.63, 3.8) is 0 Å². The van der Waals surface area contributed by atoms with Crippen molar-refractivity contribution in [1.82, 2.24) is 39.4 Å². The molecule has 202 valence electrons. The lowest BCUT2D eigenvalue weighted by molar-refractivity contribution is -0.0454. The third-order valence-corrected chi connectivity index (χ3v) is 7.12. The third kappa shape index (κ3) is 5.36. The number of anilines is 2. The second kappa shape index (κ2) is 10.7. The van der Waals surface area contributed by atoms with E-state index in [1.165, 1.54) is 12.7 Å². The number of aliphatic hydroxyl groups excluding tert-OH is 1. The first-order chi connectivity index (χ1) is 18.9. The van der Waals surface area contributed by atoms with E-state index in [4.69, 9.17) is 16.3 Å². The molecule has 11 nitrogen and oxygen atoms in total. The molecule has 6 rings (SSSR count). The molecule has 4 aromatic heterocycles. The fourth-order valence-corrected chi connectivity index (χ4v) is 5.15. The molecule has 0 saturated carbocycles. The maximum Gasteiger partial charge on any atom is 0.229 e. The quantitative estimate of drug-likeness (QED) is 0.148. The molecular weight excluding hydrogens is 525 g/mol. The minimum atomic E-state index is -1.80. The van der Waals surface area contributed by atoms with Gasteiger partial charge in [0.2, 0.25) is 5.75 Å². The van der Waals surface area contributed by atoms with Crippen LogP contribution in [0.3, 0.4) is 0 Å². The summed E-state index contributed by atoms with van der Waals surface area (Å²) < 4.78 is 22.6. The van der Waals surface area contributed by atoms with Crippen LogP contribution in [0.2, 0.25) is 0 Å². The van der Waals surface area contributed by atoms with Gasteiger partial charge in [0.1, 0.15) is 29.7 Å². The summed E-state index contributed by atoms with van der Waals surface area (Å²) in [4.78, 5) is 10.5. The van der Waals surface area contributed by atoms with E-state index in [0.717, 1.165) is 40.9 Å². The monoisotopic (exact) mass is 551 g/mol. The first kappa shape index (κ1) is 25.4.